The van der Waals surface area contributed by atoms with Gasteiger partial charge in [0.1, 0.15) is 0 Å². The quantitative estimate of drug-likeness (QED) is 0.687. The van der Waals surface area contributed by atoms with Gasteiger partial charge in [-0.05, 0) is 37.7 Å². The molecule has 1 aromatic carbocycles. The first-order valence-corrected chi connectivity index (χ1v) is 5.52. The molecule has 1 unspecified atom stereocenters. The molecule has 0 aliphatic heterocycles. The van der Waals surface area contributed by atoms with E-state index in [1.807, 2.05) is 0 Å². The van der Waals surface area contributed by atoms with E-state index in [1.54, 1.807) is 38.2 Å². The Labute approximate surface area is 106 Å². The van der Waals surface area contributed by atoms with Crippen molar-refractivity contribution < 1.29 is 14.7 Å². The molecule has 5 nitrogen and oxygen atoms in total. The van der Waals surface area contributed by atoms with Crippen LogP contribution in [-0.4, -0.2) is 30.1 Å². The van der Waals surface area contributed by atoms with Crippen LogP contribution in [0.4, 0.5) is 5.69 Å². The van der Waals surface area contributed by atoms with E-state index in [2.05, 4.69) is 10.6 Å². The maximum Gasteiger partial charge on any atom is 0.328 e. The Morgan fingerprint density at radius 2 is 2.11 bits per heavy atom. The lowest BCUT2D eigenvalue weighted by molar-refractivity contribution is -0.131. The average molecular weight is 248 g/mol. The summed E-state index contributed by atoms with van der Waals surface area (Å²) < 4.78 is 0. The summed E-state index contributed by atoms with van der Waals surface area (Å²) >= 11 is 0. The van der Waals surface area contributed by atoms with Crippen molar-refractivity contribution in [3.8, 4) is 0 Å². The Kier molecular flexibility index (Phi) is 5.07. The lowest BCUT2D eigenvalue weighted by Gasteiger charge is -2.11. The van der Waals surface area contributed by atoms with Crippen LogP contribution in [0.5, 0.6) is 0 Å². The van der Waals surface area contributed by atoms with Gasteiger partial charge in [0.25, 0.3) is 0 Å². The van der Waals surface area contributed by atoms with Gasteiger partial charge in [0.05, 0.1) is 6.04 Å². The number of carboxylic acid groups (broad SMARTS) is 1. The third-order valence-corrected chi connectivity index (χ3v) is 2.40. The minimum absolute atomic E-state index is 0.142. The number of nitrogens with one attached hydrogen (secondary N) is 2. The van der Waals surface area contributed by atoms with Crippen LogP contribution in [0.15, 0.2) is 30.3 Å². The van der Waals surface area contributed by atoms with Crippen molar-refractivity contribution in [2.45, 2.75) is 13.0 Å². The van der Waals surface area contributed by atoms with Crippen LogP contribution >= 0.6 is 0 Å². The van der Waals surface area contributed by atoms with Crippen LogP contribution in [0.3, 0.4) is 0 Å². The zero-order valence-corrected chi connectivity index (χ0v) is 10.3. The Morgan fingerprint density at radius 1 is 1.39 bits per heavy atom. The smallest absolute Gasteiger partial charge is 0.328 e. The number of anilines is 1. The van der Waals surface area contributed by atoms with Gasteiger partial charge >= 0.3 is 5.97 Å². The second-order valence-corrected chi connectivity index (χ2v) is 3.80. The second kappa shape index (κ2) is 6.56. The van der Waals surface area contributed by atoms with E-state index in [9.17, 15) is 9.59 Å². The Balaban J connectivity index is 2.76. The summed E-state index contributed by atoms with van der Waals surface area (Å²) in [4.78, 5) is 22.0. The lowest BCUT2D eigenvalue weighted by atomic mass is 10.2. The van der Waals surface area contributed by atoms with Crippen LogP contribution in [0.1, 0.15) is 12.5 Å². The fraction of sp³-hybridized carbons (Fsp3) is 0.231. The minimum Gasteiger partial charge on any atom is -0.478 e. The Bertz CT molecular complexity index is 469. The zero-order valence-electron chi connectivity index (χ0n) is 10.3. The number of likely N-dealkylation sites (N-methyl/N-ethyl adjacent to an activating group) is 1. The number of aliphatic carboxylic acids is 1. The van der Waals surface area contributed by atoms with Gasteiger partial charge in [-0.3, -0.25) is 4.79 Å². The summed E-state index contributed by atoms with van der Waals surface area (Å²) in [6.07, 6.45) is 2.52. The molecule has 0 aliphatic rings. The molecular weight excluding hydrogens is 232 g/mol. The molecule has 3 N–H and O–H groups in total. The van der Waals surface area contributed by atoms with E-state index in [-0.39, 0.29) is 11.9 Å². The van der Waals surface area contributed by atoms with Gasteiger partial charge in [0.2, 0.25) is 5.91 Å². The van der Waals surface area contributed by atoms with Crippen molar-refractivity contribution in [3.63, 3.8) is 0 Å². The average Bonchev–Trinajstić information content (AvgIpc) is 2.35. The monoisotopic (exact) mass is 248 g/mol. The maximum absolute atomic E-state index is 11.6. The molecule has 0 bridgehead atoms. The minimum atomic E-state index is -1.01. The van der Waals surface area contributed by atoms with Gasteiger partial charge in [-0.15, -0.1) is 0 Å². The van der Waals surface area contributed by atoms with Crippen molar-refractivity contribution in [2.75, 3.05) is 12.4 Å². The molecule has 0 saturated heterocycles. The molecule has 5 heteroatoms. The predicted molar refractivity (Wildman–Crippen MR) is 70.3 cm³/mol. The van der Waals surface area contributed by atoms with Crippen molar-refractivity contribution >= 4 is 23.6 Å². The topological polar surface area (TPSA) is 78.4 Å². The summed E-state index contributed by atoms with van der Waals surface area (Å²) in [5, 5.41) is 14.1. The number of amides is 1. The number of hydrogen-bond donors (Lipinski definition) is 3. The standard InChI is InChI=1S/C13H16N2O3/c1-9(14-2)13(18)15-11-5-3-4-10(8-11)6-7-12(16)17/h3-9,14H,1-2H3,(H,15,18)(H,16,17)/b7-6+. The summed E-state index contributed by atoms with van der Waals surface area (Å²) in [5.41, 5.74) is 1.35. The van der Waals surface area contributed by atoms with Gasteiger partial charge in [0.15, 0.2) is 0 Å². The molecular formula is C13H16N2O3. The summed E-state index contributed by atoms with van der Waals surface area (Å²) in [5.74, 6) is -1.15. The van der Waals surface area contributed by atoms with E-state index >= 15 is 0 Å². The number of hydrogen-bond acceptors (Lipinski definition) is 3. The first-order chi connectivity index (χ1) is 8.52. The maximum atomic E-state index is 11.6. The molecule has 0 heterocycles. The molecule has 96 valence electrons. The van der Waals surface area contributed by atoms with Crippen molar-refractivity contribution in [1.82, 2.24) is 5.32 Å². The van der Waals surface area contributed by atoms with E-state index in [1.165, 1.54) is 6.08 Å². The highest BCUT2D eigenvalue weighted by atomic mass is 16.4. The highest BCUT2D eigenvalue weighted by molar-refractivity contribution is 5.95. The van der Waals surface area contributed by atoms with Crippen LogP contribution < -0.4 is 10.6 Å². The van der Waals surface area contributed by atoms with Gasteiger partial charge in [-0.2, -0.15) is 0 Å². The number of carbonyl (C=O) groups is 2. The molecule has 1 rings (SSSR count). The van der Waals surface area contributed by atoms with Crippen LogP contribution in [0.2, 0.25) is 0 Å². The van der Waals surface area contributed by atoms with Crippen LogP contribution in [0, 0.1) is 0 Å². The fourth-order valence-electron chi connectivity index (χ4n) is 1.27. The molecule has 1 aromatic rings. The summed E-state index contributed by atoms with van der Waals surface area (Å²) in [7, 11) is 1.70. The fourth-order valence-corrected chi connectivity index (χ4v) is 1.27. The summed E-state index contributed by atoms with van der Waals surface area (Å²) in [6, 6.07) is 6.68. The number of rotatable bonds is 5. The van der Waals surface area contributed by atoms with E-state index in [0.717, 1.165) is 6.08 Å². The molecule has 0 radical (unpaired) electrons. The molecule has 0 fully saturated rings. The predicted octanol–water partition coefficient (Wildman–Crippen LogP) is 1.33. The Hall–Kier alpha value is -2.14. The van der Waals surface area contributed by atoms with E-state index in [0.29, 0.717) is 11.3 Å². The first-order valence-electron chi connectivity index (χ1n) is 5.52. The molecule has 1 atom stereocenters. The van der Waals surface area contributed by atoms with Gasteiger partial charge in [-0.25, -0.2) is 4.79 Å². The molecule has 18 heavy (non-hydrogen) atoms. The first kappa shape index (κ1) is 13.9. The Morgan fingerprint density at radius 3 is 2.72 bits per heavy atom. The highest BCUT2D eigenvalue weighted by Crippen LogP contribution is 2.12. The number of carbonyl (C=O) groups excluding carboxylic acids is 1. The molecule has 1 amide bonds. The van der Waals surface area contributed by atoms with Crippen LogP contribution in [-0.2, 0) is 9.59 Å². The van der Waals surface area contributed by atoms with E-state index in [4.69, 9.17) is 5.11 Å². The normalized spacial score (nSPS) is 12.3. The highest BCUT2D eigenvalue weighted by Gasteiger charge is 2.09. The second-order valence-electron chi connectivity index (χ2n) is 3.80. The zero-order chi connectivity index (χ0) is 13.5. The number of benzene rings is 1. The lowest BCUT2D eigenvalue weighted by Crippen LogP contribution is -2.35. The third kappa shape index (κ3) is 4.39. The SMILES string of the molecule is CNC(C)C(=O)Nc1cccc(/C=C/C(=O)O)c1. The molecule has 0 saturated carbocycles. The molecule has 0 spiro atoms. The summed E-state index contributed by atoms with van der Waals surface area (Å²) in [6.45, 7) is 1.75. The van der Waals surface area contributed by atoms with Crippen molar-refractivity contribution in [1.29, 1.82) is 0 Å². The van der Waals surface area contributed by atoms with Crippen LogP contribution in [0.25, 0.3) is 6.08 Å². The van der Waals surface area contributed by atoms with Gasteiger partial charge < -0.3 is 15.7 Å². The van der Waals surface area contributed by atoms with Gasteiger partial charge in [-0.1, -0.05) is 12.1 Å². The molecule has 0 aromatic heterocycles. The van der Waals surface area contributed by atoms with Crippen molar-refractivity contribution in [3.05, 3.63) is 35.9 Å². The van der Waals surface area contributed by atoms with Gasteiger partial charge in [0, 0.05) is 11.8 Å². The largest absolute Gasteiger partial charge is 0.478 e. The molecule has 0 aliphatic carbocycles. The van der Waals surface area contributed by atoms with E-state index < -0.39 is 5.97 Å². The van der Waals surface area contributed by atoms with Crippen molar-refractivity contribution in [2.24, 2.45) is 0 Å². The number of carboxylic acids is 1. The third-order valence-electron chi connectivity index (χ3n) is 2.40.